The molecule has 90 valence electrons. The number of carboxylic acid groups (broad SMARTS) is 1. The lowest BCUT2D eigenvalue weighted by Gasteiger charge is -1.91. The fourth-order valence-electron chi connectivity index (χ4n) is 1.10. The number of carboxylic acids is 1. The monoisotopic (exact) mass is 241 g/mol. The van der Waals surface area contributed by atoms with Gasteiger partial charge in [-0.1, -0.05) is 6.07 Å². The summed E-state index contributed by atoms with van der Waals surface area (Å²) in [7, 11) is 0. The minimum atomic E-state index is -0.826. The van der Waals surface area contributed by atoms with Gasteiger partial charge in [0.15, 0.2) is 0 Å². The SMILES string of the molecule is N#Cc1ccncc1.O=C(O)Cc1cccnc1. The Hall–Kier alpha value is -2.74. The second-order valence-electron chi connectivity index (χ2n) is 3.28. The summed E-state index contributed by atoms with van der Waals surface area (Å²) < 4.78 is 0. The predicted molar refractivity (Wildman–Crippen MR) is 64.5 cm³/mol. The highest BCUT2D eigenvalue weighted by molar-refractivity contribution is 5.69. The first-order chi connectivity index (χ1) is 8.72. The van der Waals surface area contributed by atoms with E-state index >= 15 is 0 Å². The van der Waals surface area contributed by atoms with E-state index in [0.29, 0.717) is 5.56 Å². The van der Waals surface area contributed by atoms with Crippen molar-refractivity contribution in [3.05, 3.63) is 60.2 Å². The summed E-state index contributed by atoms with van der Waals surface area (Å²) in [5.74, 6) is -0.826. The number of carbonyl (C=O) groups is 1. The van der Waals surface area contributed by atoms with E-state index in [-0.39, 0.29) is 6.42 Å². The van der Waals surface area contributed by atoms with Crippen molar-refractivity contribution in [3.63, 3.8) is 0 Å². The summed E-state index contributed by atoms with van der Waals surface area (Å²) >= 11 is 0. The lowest BCUT2D eigenvalue weighted by molar-refractivity contribution is -0.136. The number of hydrogen-bond acceptors (Lipinski definition) is 4. The number of hydrogen-bond donors (Lipinski definition) is 1. The fraction of sp³-hybridized carbons (Fsp3) is 0.0769. The second-order valence-corrected chi connectivity index (χ2v) is 3.28. The standard InChI is InChI=1S/C7H7NO2.C6H4N2/c9-7(10)4-6-2-1-3-8-5-6;7-5-6-1-3-8-4-2-6/h1-3,5H,4H2,(H,9,10);1-4H. The smallest absolute Gasteiger partial charge is 0.307 e. The topological polar surface area (TPSA) is 86.9 Å². The van der Waals surface area contributed by atoms with E-state index in [0.717, 1.165) is 5.56 Å². The number of aromatic nitrogens is 2. The van der Waals surface area contributed by atoms with E-state index in [4.69, 9.17) is 10.4 Å². The molecular formula is C13H11N3O2. The van der Waals surface area contributed by atoms with Gasteiger partial charge in [0.05, 0.1) is 18.1 Å². The van der Waals surface area contributed by atoms with Gasteiger partial charge in [0.2, 0.25) is 0 Å². The maximum absolute atomic E-state index is 10.1. The maximum atomic E-state index is 10.1. The third-order valence-corrected chi connectivity index (χ3v) is 1.89. The van der Waals surface area contributed by atoms with Crippen molar-refractivity contribution in [2.75, 3.05) is 0 Å². The molecule has 2 aromatic rings. The quantitative estimate of drug-likeness (QED) is 0.864. The highest BCUT2D eigenvalue weighted by Crippen LogP contribution is 1.95. The van der Waals surface area contributed by atoms with Crippen LogP contribution in [0.25, 0.3) is 0 Å². The normalized spacial score (nSPS) is 8.61. The molecule has 0 saturated heterocycles. The summed E-state index contributed by atoms with van der Waals surface area (Å²) in [5.41, 5.74) is 1.38. The minimum Gasteiger partial charge on any atom is -0.481 e. The molecule has 0 amide bonds. The molecule has 0 radical (unpaired) electrons. The van der Waals surface area contributed by atoms with Crippen molar-refractivity contribution in [1.29, 1.82) is 5.26 Å². The average Bonchev–Trinajstić information content (AvgIpc) is 2.41. The van der Waals surface area contributed by atoms with Crippen LogP contribution in [0.1, 0.15) is 11.1 Å². The zero-order valence-corrected chi connectivity index (χ0v) is 9.52. The summed E-state index contributed by atoms with van der Waals surface area (Å²) in [6.45, 7) is 0. The number of aliphatic carboxylic acids is 1. The molecule has 0 spiro atoms. The molecule has 0 aliphatic rings. The minimum absolute atomic E-state index is 0.0494. The molecular weight excluding hydrogens is 230 g/mol. The third-order valence-electron chi connectivity index (χ3n) is 1.89. The lowest BCUT2D eigenvalue weighted by Crippen LogP contribution is -1.99. The van der Waals surface area contributed by atoms with Crippen LogP contribution in [0.3, 0.4) is 0 Å². The van der Waals surface area contributed by atoms with Crippen molar-refractivity contribution < 1.29 is 9.90 Å². The molecule has 18 heavy (non-hydrogen) atoms. The molecule has 0 fully saturated rings. The maximum Gasteiger partial charge on any atom is 0.307 e. The summed E-state index contributed by atoms with van der Waals surface area (Å²) in [5, 5.41) is 16.6. The molecule has 2 heterocycles. The average molecular weight is 241 g/mol. The van der Waals surface area contributed by atoms with Gasteiger partial charge in [0.1, 0.15) is 0 Å². The van der Waals surface area contributed by atoms with Crippen molar-refractivity contribution in [2.45, 2.75) is 6.42 Å². The van der Waals surface area contributed by atoms with Crippen LogP contribution >= 0.6 is 0 Å². The van der Waals surface area contributed by atoms with Crippen molar-refractivity contribution >= 4 is 5.97 Å². The Labute approximate surface area is 104 Å². The van der Waals surface area contributed by atoms with E-state index in [1.165, 1.54) is 0 Å². The van der Waals surface area contributed by atoms with Crippen LogP contribution in [0.4, 0.5) is 0 Å². The molecule has 1 N–H and O–H groups in total. The Morgan fingerprint density at radius 1 is 1.22 bits per heavy atom. The molecule has 0 bridgehead atoms. The van der Waals surface area contributed by atoms with Crippen LogP contribution in [-0.2, 0) is 11.2 Å². The van der Waals surface area contributed by atoms with E-state index in [2.05, 4.69) is 9.97 Å². The Morgan fingerprint density at radius 3 is 2.39 bits per heavy atom. The second kappa shape index (κ2) is 7.52. The molecule has 2 rings (SSSR count). The van der Waals surface area contributed by atoms with Crippen molar-refractivity contribution in [2.24, 2.45) is 0 Å². The molecule has 0 aliphatic carbocycles. The molecule has 0 unspecified atom stereocenters. The summed E-state index contributed by atoms with van der Waals surface area (Å²) in [4.78, 5) is 17.7. The highest BCUT2D eigenvalue weighted by atomic mass is 16.4. The lowest BCUT2D eigenvalue weighted by atomic mass is 10.2. The Morgan fingerprint density at radius 2 is 1.94 bits per heavy atom. The van der Waals surface area contributed by atoms with Gasteiger partial charge >= 0.3 is 5.97 Å². The molecule has 2 aromatic heterocycles. The number of nitriles is 1. The number of nitrogens with zero attached hydrogens (tertiary/aromatic N) is 3. The molecule has 5 heteroatoms. The first-order valence-electron chi connectivity index (χ1n) is 5.13. The van der Waals surface area contributed by atoms with E-state index in [1.54, 1.807) is 49.1 Å². The Bertz CT molecular complexity index is 521. The highest BCUT2D eigenvalue weighted by Gasteiger charge is 1.97. The van der Waals surface area contributed by atoms with Gasteiger partial charge in [-0.3, -0.25) is 14.8 Å². The van der Waals surface area contributed by atoms with E-state index in [1.807, 2.05) is 6.07 Å². The Kier molecular flexibility index (Phi) is 5.57. The third kappa shape index (κ3) is 5.37. The van der Waals surface area contributed by atoms with Gasteiger partial charge in [-0.15, -0.1) is 0 Å². The van der Waals surface area contributed by atoms with E-state index < -0.39 is 5.97 Å². The fourth-order valence-corrected chi connectivity index (χ4v) is 1.10. The Balaban J connectivity index is 0.000000184. The molecule has 0 aliphatic heterocycles. The first-order valence-corrected chi connectivity index (χ1v) is 5.13. The predicted octanol–water partition coefficient (Wildman–Crippen LogP) is 1.66. The van der Waals surface area contributed by atoms with Crippen LogP contribution < -0.4 is 0 Å². The van der Waals surface area contributed by atoms with Gasteiger partial charge < -0.3 is 5.11 Å². The summed E-state index contributed by atoms with van der Waals surface area (Å²) in [6, 6.07) is 8.78. The van der Waals surface area contributed by atoms with Crippen molar-refractivity contribution in [1.82, 2.24) is 9.97 Å². The van der Waals surface area contributed by atoms with Crippen molar-refractivity contribution in [3.8, 4) is 6.07 Å². The van der Waals surface area contributed by atoms with Crippen LogP contribution in [-0.4, -0.2) is 21.0 Å². The molecule has 5 nitrogen and oxygen atoms in total. The largest absolute Gasteiger partial charge is 0.481 e. The van der Waals surface area contributed by atoms with Crippen LogP contribution in [0.5, 0.6) is 0 Å². The summed E-state index contributed by atoms with van der Waals surface area (Å²) in [6.07, 6.45) is 6.41. The first kappa shape index (κ1) is 13.3. The van der Waals surface area contributed by atoms with Gasteiger partial charge in [-0.2, -0.15) is 5.26 Å². The molecule has 0 saturated carbocycles. The number of pyridine rings is 2. The molecule has 0 aromatic carbocycles. The van der Waals surface area contributed by atoms with Gasteiger partial charge in [-0.05, 0) is 23.8 Å². The zero-order chi connectivity index (χ0) is 13.2. The van der Waals surface area contributed by atoms with Gasteiger partial charge in [0.25, 0.3) is 0 Å². The van der Waals surface area contributed by atoms with E-state index in [9.17, 15) is 4.79 Å². The van der Waals surface area contributed by atoms with Crippen LogP contribution in [0, 0.1) is 11.3 Å². The van der Waals surface area contributed by atoms with Gasteiger partial charge in [0, 0.05) is 24.8 Å². The van der Waals surface area contributed by atoms with Crippen LogP contribution in [0.15, 0.2) is 49.1 Å². The molecule has 0 atom stereocenters. The van der Waals surface area contributed by atoms with Crippen LogP contribution in [0.2, 0.25) is 0 Å². The number of rotatable bonds is 2. The zero-order valence-electron chi connectivity index (χ0n) is 9.52. The van der Waals surface area contributed by atoms with Gasteiger partial charge in [-0.25, -0.2) is 0 Å².